The Morgan fingerprint density at radius 1 is 0.875 bits per heavy atom. The summed E-state index contributed by atoms with van der Waals surface area (Å²) in [7, 11) is 0. The molecule has 160 valence electrons. The molecule has 4 nitrogen and oxygen atoms in total. The second-order valence-corrected chi connectivity index (χ2v) is 7.83. The average molecular weight is 443 g/mol. The third kappa shape index (κ3) is 5.34. The van der Waals surface area contributed by atoms with Crippen LogP contribution in [0.5, 0.6) is 5.88 Å². The molecule has 0 N–H and O–H groups in total. The number of aliphatic carboxylic acids is 1. The predicted octanol–water partition coefficient (Wildman–Crippen LogP) is 5.33. The molecule has 1 heterocycles. The van der Waals surface area contributed by atoms with E-state index < -0.39 is 5.97 Å². The Labute approximate surface area is 192 Å². The van der Waals surface area contributed by atoms with Crippen LogP contribution in [0.3, 0.4) is 0 Å². The van der Waals surface area contributed by atoms with E-state index in [0.717, 1.165) is 33.4 Å². The molecule has 0 saturated carbocycles. The number of carboxylic acid groups (broad SMARTS) is 1. The van der Waals surface area contributed by atoms with Crippen LogP contribution in [0.15, 0.2) is 91.1 Å². The molecule has 0 saturated heterocycles. The Balaban J connectivity index is 1.67. The van der Waals surface area contributed by atoms with Gasteiger partial charge in [0.25, 0.3) is 0 Å². The molecule has 1 aromatic heterocycles. The number of ether oxygens (including phenoxy) is 1. The molecule has 0 aliphatic heterocycles. The molecule has 4 rings (SSSR count). The van der Waals surface area contributed by atoms with Gasteiger partial charge in [0.15, 0.2) is 0 Å². The van der Waals surface area contributed by atoms with E-state index in [1.807, 2.05) is 84.9 Å². The van der Waals surface area contributed by atoms with Crippen molar-refractivity contribution < 1.29 is 14.6 Å². The van der Waals surface area contributed by atoms with Crippen LogP contribution < -0.4 is 9.84 Å². The zero-order valence-corrected chi connectivity index (χ0v) is 18.1. The largest absolute Gasteiger partial charge is 0.550 e. The summed E-state index contributed by atoms with van der Waals surface area (Å²) >= 11 is 6.26. The van der Waals surface area contributed by atoms with Gasteiger partial charge in [0, 0.05) is 17.7 Å². The summed E-state index contributed by atoms with van der Waals surface area (Å²) in [6.07, 6.45) is 1.96. The molecular formula is C27H21ClNO3-. The van der Waals surface area contributed by atoms with Gasteiger partial charge in [-0.25, -0.2) is 4.98 Å². The van der Waals surface area contributed by atoms with Crippen molar-refractivity contribution in [3.8, 4) is 28.1 Å². The maximum absolute atomic E-state index is 10.9. The first-order chi connectivity index (χ1) is 15.6. The number of hydrogen-bond donors (Lipinski definition) is 0. The summed E-state index contributed by atoms with van der Waals surface area (Å²) < 4.78 is 6.02. The van der Waals surface area contributed by atoms with Crippen LogP contribution in [-0.4, -0.2) is 11.0 Å². The van der Waals surface area contributed by atoms with Crippen LogP contribution in [0.2, 0.25) is 5.02 Å². The van der Waals surface area contributed by atoms with Crippen molar-refractivity contribution in [2.75, 3.05) is 0 Å². The van der Waals surface area contributed by atoms with Gasteiger partial charge in [-0.3, -0.25) is 0 Å². The summed E-state index contributed by atoms with van der Waals surface area (Å²) in [4.78, 5) is 15.4. The Morgan fingerprint density at radius 2 is 1.59 bits per heavy atom. The van der Waals surface area contributed by atoms with Crippen molar-refractivity contribution in [3.63, 3.8) is 0 Å². The SMILES string of the molecule is O=C([O-])CCc1ccccc1-c1cccc(-c2cc(Cl)cnc2OCc2ccccc2)c1. The molecular weight excluding hydrogens is 422 g/mol. The Kier molecular flexibility index (Phi) is 6.83. The molecule has 32 heavy (non-hydrogen) atoms. The topological polar surface area (TPSA) is 62.2 Å². The summed E-state index contributed by atoms with van der Waals surface area (Å²) in [5.74, 6) is -0.556. The van der Waals surface area contributed by atoms with Gasteiger partial charge in [-0.1, -0.05) is 84.4 Å². The highest BCUT2D eigenvalue weighted by atomic mass is 35.5. The number of aromatic nitrogens is 1. The maximum Gasteiger partial charge on any atom is 0.221 e. The van der Waals surface area contributed by atoms with Crippen molar-refractivity contribution in [1.29, 1.82) is 0 Å². The zero-order chi connectivity index (χ0) is 22.3. The second kappa shape index (κ2) is 10.1. The van der Waals surface area contributed by atoms with E-state index in [-0.39, 0.29) is 6.42 Å². The number of rotatable bonds is 8. The maximum atomic E-state index is 10.9. The van der Waals surface area contributed by atoms with E-state index in [1.165, 1.54) is 0 Å². The fourth-order valence-corrected chi connectivity index (χ4v) is 3.74. The number of hydrogen-bond acceptors (Lipinski definition) is 4. The zero-order valence-electron chi connectivity index (χ0n) is 17.3. The Hall–Kier alpha value is -3.63. The highest BCUT2D eigenvalue weighted by molar-refractivity contribution is 6.30. The first-order valence-electron chi connectivity index (χ1n) is 10.3. The van der Waals surface area contributed by atoms with Crippen LogP contribution in [0.4, 0.5) is 0 Å². The number of pyridine rings is 1. The lowest BCUT2D eigenvalue weighted by Gasteiger charge is -2.14. The molecule has 5 heteroatoms. The smallest absolute Gasteiger partial charge is 0.221 e. The molecule has 0 bridgehead atoms. The standard InChI is InChI=1S/C27H22ClNO3/c28-23-16-25(27(29-17-23)32-18-19-7-2-1-3-8-19)22-11-6-10-21(15-22)24-12-5-4-9-20(24)13-14-26(30)31/h1-12,15-17H,13-14,18H2,(H,30,31)/p-1. The van der Waals surface area contributed by atoms with Gasteiger partial charge in [0.1, 0.15) is 6.61 Å². The number of halogens is 1. The van der Waals surface area contributed by atoms with E-state index in [2.05, 4.69) is 4.98 Å². The van der Waals surface area contributed by atoms with Gasteiger partial charge < -0.3 is 14.6 Å². The van der Waals surface area contributed by atoms with Crippen LogP contribution in [0, 0.1) is 0 Å². The molecule has 0 spiro atoms. The van der Waals surface area contributed by atoms with E-state index >= 15 is 0 Å². The summed E-state index contributed by atoms with van der Waals surface area (Å²) in [5.41, 5.74) is 5.67. The van der Waals surface area contributed by atoms with Crippen molar-refractivity contribution in [1.82, 2.24) is 4.98 Å². The summed E-state index contributed by atoms with van der Waals surface area (Å²) in [6, 6.07) is 27.5. The minimum absolute atomic E-state index is 0.0214. The second-order valence-electron chi connectivity index (χ2n) is 7.39. The predicted molar refractivity (Wildman–Crippen MR) is 124 cm³/mol. The minimum Gasteiger partial charge on any atom is -0.550 e. The van der Waals surface area contributed by atoms with Crippen molar-refractivity contribution in [2.45, 2.75) is 19.4 Å². The van der Waals surface area contributed by atoms with E-state index in [4.69, 9.17) is 16.3 Å². The lowest BCUT2D eigenvalue weighted by Crippen LogP contribution is -2.22. The third-order valence-electron chi connectivity index (χ3n) is 5.14. The van der Waals surface area contributed by atoms with Crippen molar-refractivity contribution >= 4 is 17.6 Å². The molecule has 4 aromatic rings. The molecule has 0 aliphatic rings. The van der Waals surface area contributed by atoms with E-state index in [0.29, 0.717) is 23.9 Å². The Bertz CT molecular complexity index is 1220. The van der Waals surface area contributed by atoms with Gasteiger partial charge in [-0.2, -0.15) is 0 Å². The number of nitrogens with zero attached hydrogens (tertiary/aromatic N) is 1. The first kappa shape index (κ1) is 21.6. The average Bonchev–Trinajstić information content (AvgIpc) is 2.83. The van der Waals surface area contributed by atoms with Crippen LogP contribution in [-0.2, 0) is 17.8 Å². The van der Waals surface area contributed by atoms with Crippen molar-refractivity contribution in [2.24, 2.45) is 0 Å². The molecule has 0 amide bonds. The molecule has 0 unspecified atom stereocenters. The summed E-state index contributed by atoms with van der Waals surface area (Å²) in [5, 5.41) is 11.5. The highest BCUT2D eigenvalue weighted by Crippen LogP contribution is 2.34. The number of carbonyl (C=O) groups is 1. The molecule has 0 atom stereocenters. The van der Waals surface area contributed by atoms with Crippen LogP contribution in [0.1, 0.15) is 17.5 Å². The van der Waals surface area contributed by atoms with Gasteiger partial charge in [-0.15, -0.1) is 0 Å². The van der Waals surface area contributed by atoms with Crippen LogP contribution >= 0.6 is 11.6 Å². The number of carbonyl (C=O) groups excluding carboxylic acids is 1. The normalized spacial score (nSPS) is 10.7. The van der Waals surface area contributed by atoms with Gasteiger partial charge >= 0.3 is 0 Å². The van der Waals surface area contributed by atoms with Gasteiger partial charge in [-0.05, 0) is 52.8 Å². The molecule has 0 fully saturated rings. The van der Waals surface area contributed by atoms with Gasteiger partial charge in [0.05, 0.1) is 5.02 Å². The lowest BCUT2D eigenvalue weighted by molar-refractivity contribution is -0.305. The number of carboxylic acids is 1. The number of aryl methyl sites for hydroxylation is 1. The monoisotopic (exact) mass is 442 g/mol. The molecule has 0 radical (unpaired) electrons. The van der Waals surface area contributed by atoms with Crippen LogP contribution in [0.25, 0.3) is 22.3 Å². The summed E-state index contributed by atoms with van der Waals surface area (Å²) in [6.45, 7) is 0.397. The van der Waals surface area contributed by atoms with E-state index in [1.54, 1.807) is 6.20 Å². The van der Waals surface area contributed by atoms with Gasteiger partial charge in [0.2, 0.25) is 5.88 Å². The molecule has 3 aromatic carbocycles. The quantitative estimate of drug-likeness (QED) is 0.370. The fraction of sp³-hybridized carbons (Fsp3) is 0.111. The first-order valence-corrected chi connectivity index (χ1v) is 10.7. The van der Waals surface area contributed by atoms with E-state index in [9.17, 15) is 9.90 Å². The Morgan fingerprint density at radius 3 is 2.38 bits per heavy atom. The third-order valence-corrected chi connectivity index (χ3v) is 5.34. The highest BCUT2D eigenvalue weighted by Gasteiger charge is 2.12. The minimum atomic E-state index is -1.06. The fourth-order valence-electron chi connectivity index (χ4n) is 3.59. The van der Waals surface area contributed by atoms with Crippen molar-refractivity contribution in [3.05, 3.63) is 107 Å². The lowest BCUT2D eigenvalue weighted by atomic mass is 9.94. The molecule has 0 aliphatic carbocycles. The number of benzene rings is 3.